The summed E-state index contributed by atoms with van der Waals surface area (Å²) in [5.74, 6) is -0.990. The van der Waals surface area contributed by atoms with Gasteiger partial charge in [0.25, 0.3) is 0 Å². The van der Waals surface area contributed by atoms with Crippen molar-refractivity contribution in [3.05, 3.63) is 0 Å². The number of carbonyl (C=O) groups is 2. The number of hydrogen-bond acceptors (Lipinski definition) is 3. The second-order valence-corrected chi connectivity index (χ2v) is 5.68. The van der Waals surface area contributed by atoms with Crippen molar-refractivity contribution in [2.75, 3.05) is 0 Å². The van der Waals surface area contributed by atoms with Crippen LogP contribution in [0, 0.1) is 0 Å². The zero-order valence-corrected chi connectivity index (χ0v) is 13.7. The number of unbranched alkanes of at least 4 members (excludes halogenated alkanes) is 6. The normalized spacial score (nSPS) is 12.1. The molecule has 0 radical (unpaired) electrons. The van der Waals surface area contributed by atoms with Crippen LogP contribution in [0.3, 0.4) is 0 Å². The van der Waals surface area contributed by atoms with Crippen LogP contribution in [0.25, 0.3) is 0 Å². The molecular formula is C17H32O4. The first-order chi connectivity index (χ1) is 10.1. The molecule has 0 bridgehead atoms. The fourth-order valence-corrected chi connectivity index (χ4v) is 2.29. The Morgan fingerprint density at radius 2 is 1.52 bits per heavy atom. The van der Waals surface area contributed by atoms with Gasteiger partial charge in [-0.3, -0.25) is 9.59 Å². The molecule has 0 spiro atoms. The smallest absolute Gasteiger partial charge is 0.306 e. The van der Waals surface area contributed by atoms with E-state index >= 15 is 0 Å². The van der Waals surface area contributed by atoms with Crippen molar-refractivity contribution in [1.82, 2.24) is 0 Å². The van der Waals surface area contributed by atoms with Gasteiger partial charge in [0.2, 0.25) is 0 Å². The van der Waals surface area contributed by atoms with Gasteiger partial charge in [0.1, 0.15) is 6.10 Å². The Balaban J connectivity index is 3.62. The molecule has 0 amide bonds. The van der Waals surface area contributed by atoms with E-state index in [0.717, 1.165) is 19.3 Å². The third-order valence-electron chi connectivity index (χ3n) is 3.65. The van der Waals surface area contributed by atoms with Crippen molar-refractivity contribution in [2.24, 2.45) is 0 Å². The van der Waals surface area contributed by atoms with Gasteiger partial charge >= 0.3 is 11.9 Å². The third-order valence-corrected chi connectivity index (χ3v) is 3.65. The Labute approximate surface area is 129 Å². The lowest BCUT2D eigenvalue weighted by molar-refractivity contribution is -0.150. The molecule has 21 heavy (non-hydrogen) atoms. The van der Waals surface area contributed by atoms with E-state index in [-0.39, 0.29) is 18.5 Å². The molecule has 0 saturated carbocycles. The summed E-state index contributed by atoms with van der Waals surface area (Å²) in [4.78, 5) is 22.0. The highest BCUT2D eigenvalue weighted by atomic mass is 16.5. The maximum absolute atomic E-state index is 11.7. The van der Waals surface area contributed by atoms with Crippen LogP contribution in [0.2, 0.25) is 0 Å². The zero-order valence-electron chi connectivity index (χ0n) is 13.7. The van der Waals surface area contributed by atoms with Gasteiger partial charge in [-0.05, 0) is 32.1 Å². The molecule has 1 atom stereocenters. The molecule has 0 aliphatic heterocycles. The van der Waals surface area contributed by atoms with Crippen LogP contribution in [-0.2, 0) is 14.3 Å². The molecule has 0 aromatic rings. The molecule has 4 nitrogen and oxygen atoms in total. The predicted octanol–water partition coefficient (Wildman–Crippen LogP) is 4.70. The van der Waals surface area contributed by atoms with E-state index in [4.69, 9.17) is 9.84 Å². The molecule has 0 saturated heterocycles. The molecule has 0 aliphatic carbocycles. The number of carboxylic acid groups (broad SMARTS) is 1. The molecule has 0 fully saturated rings. The average Bonchev–Trinajstić information content (AvgIpc) is 2.45. The van der Waals surface area contributed by atoms with Crippen molar-refractivity contribution >= 4 is 11.9 Å². The first-order valence-electron chi connectivity index (χ1n) is 8.51. The molecule has 0 aromatic carbocycles. The highest BCUT2D eigenvalue weighted by Gasteiger charge is 2.12. The van der Waals surface area contributed by atoms with Gasteiger partial charge in [0.15, 0.2) is 0 Å². The Kier molecular flexibility index (Phi) is 13.2. The lowest BCUT2D eigenvalue weighted by Crippen LogP contribution is -2.17. The Morgan fingerprint density at radius 1 is 0.905 bits per heavy atom. The lowest BCUT2D eigenvalue weighted by atomic mass is 10.1. The SMILES string of the molecule is CCCCCCCC[C@H](CC)OC(=O)CCCCC(=O)O. The number of esters is 1. The maximum atomic E-state index is 11.7. The van der Waals surface area contributed by atoms with Gasteiger partial charge in [-0.1, -0.05) is 46.0 Å². The van der Waals surface area contributed by atoms with E-state index < -0.39 is 5.97 Å². The summed E-state index contributed by atoms with van der Waals surface area (Å²) in [7, 11) is 0. The summed E-state index contributed by atoms with van der Waals surface area (Å²) in [6, 6.07) is 0. The number of hydrogen-bond donors (Lipinski definition) is 1. The number of rotatable bonds is 14. The van der Waals surface area contributed by atoms with Crippen molar-refractivity contribution in [1.29, 1.82) is 0 Å². The summed E-state index contributed by atoms with van der Waals surface area (Å²) in [6.45, 7) is 4.25. The minimum absolute atomic E-state index is 0.0307. The van der Waals surface area contributed by atoms with Gasteiger partial charge in [-0.15, -0.1) is 0 Å². The number of ether oxygens (including phenoxy) is 1. The first kappa shape index (κ1) is 19.9. The fraction of sp³-hybridized carbons (Fsp3) is 0.882. The topological polar surface area (TPSA) is 63.6 Å². The summed E-state index contributed by atoms with van der Waals surface area (Å²) < 4.78 is 5.45. The minimum atomic E-state index is -0.808. The molecule has 1 N–H and O–H groups in total. The highest BCUT2D eigenvalue weighted by molar-refractivity contribution is 5.70. The lowest BCUT2D eigenvalue weighted by Gasteiger charge is -2.16. The van der Waals surface area contributed by atoms with Crippen LogP contribution in [0.4, 0.5) is 0 Å². The van der Waals surface area contributed by atoms with Gasteiger partial charge in [-0.2, -0.15) is 0 Å². The minimum Gasteiger partial charge on any atom is -0.481 e. The van der Waals surface area contributed by atoms with E-state index in [2.05, 4.69) is 6.92 Å². The fourth-order valence-electron chi connectivity index (χ4n) is 2.29. The highest BCUT2D eigenvalue weighted by Crippen LogP contribution is 2.14. The molecule has 0 rings (SSSR count). The van der Waals surface area contributed by atoms with Crippen molar-refractivity contribution < 1.29 is 19.4 Å². The van der Waals surface area contributed by atoms with E-state index in [1.54, 1.807) is 0 Å². The second-order valence-electron chi connectivity index (χ2n) is 5.68. The number of aliphatic carboxylic acids is 1. The number of carbonyl (C=O) groups excluding carboxylic acids is 1. The standard InChI is InChI=1S/C17H32O4/c1-3-5-6-7-8-9-12-15(4-2)21-17(20)14-11-10-13-16(18)19/h15H,3-14H2,1-2H3,(H,18,19)/t15-/m0/s1. The van der Waals surface area contributed by atoms with E-state index in [9.17, 15) is 9.59 Å². The molecule has 4 heteroatoms. The van der Waals surface area contributed by atoms with Gasteiger partial charge in [-0.25, -0.2) is 0 Å². The molecule has 0 heterocycles. The van der Waals surface area contributed by atoms with E-state index in [1.165, 1.54) is 32.1 Å². The predicted molar refractivity (Wildman–Crippen MR) is 84.3 cm³/mol. The summed E-state index contributed by atoms with van der Waals surface area (Å²) in [5.41, 5.74) is 0. The molecule has 0 aliphatic rings. The second kappa shape index (κ2) is 13.9. The Bertz CT molecular complexity index is 276. The van der Waals surface area contributed by atoms with Gasteiger partial charge < -0.3 is 9.84 Å². The molecule has 0 aromatic heterocycles. The van der Waals surface area contributed by atoms with Crippen LogP contribution >= 0.6 is 0 Å². The van der Waals surface area contributed by atoms with Crippen LogP contribution in [0.1, 0.15) is 90.9 Å². The van der Waals surface area contributed by atoms with Crippen molar-refractivity contribution in [3.63, 3.8) is 0 Å². The van der Waals surface area contributed by atoms with Crippen LogP contribution in [-0.4, -0.2) is 23.1 Å². The molecule has 0 unspecified atom stereocenters. The molecule has 124 valence electrons. The molecular weight excluding hydrogens is 268 g/mol. The van der Waals surface area contributed by atoms with Crippen LogP contribution in [0.5, 0.6) is 0 Å². The average molecular weight is 300 g/mol. The first-order valence-corrected chi connectivity index (χ1v) is 8.51. The van der Waals surface area contributed by atoms with Gasteiger partial charge in [0.05, 0.1) is 0 Å². The quantitative estimate of drug-likeness (QED) is 0.373. The van der Waals surface area contributed by atoms with E-state index in [0.29, 0.717) is 19.3 Å². The summed E-state index contributed by atoms with van der Waals surface area (Å²) >= 11 is 0. The Hall–Kier alpha value is -1.06. The van der Waals surface area contributed by atoms with Crippen molar-refractivity contribution in [3.8, 4) is 0 Å². The van der Waals surface area contributed by atoms with Crippen molar-refractivity contribution in [2.45, 2.75) is 97.0 Å². The van der Waals surface area contributed by atoms with Crippen LogP contribution in [0.15, 0.2) is 0 Å². The monoisotopic (exact) mass is 300 g/mol. The number of carboxylic acids is 1. The van der Waals surface area contributed by atoms with E-state index in [1.807, 2.05) is 6.92 Å². The maximum Gasteiger partial charge on any atom is 0.306 e. The van der Waals surface area contributed by atoms with Crippen LogP contribution < -0.4 is 0 Å². The summed E-state index contributed by atoms with van der Waals surface area (Å²) in [5, 5.41) is 8.52. The Morgan fingerprint density at radius 3 is 2.14 bits per heavy atom. The summed E-state index contributed by atoms with van der Waals surface area (Å²) in [6.07, 6.45) is 10.9. The third kappa shape index (κ3) is 13.7. The van der Waals surface area contributed by atoms with Gasteiger partial charge in [0, 0.05) is 12.8 Å². The zero-order chi connectivity index (χ0) is 15.9. The largest absolute Gasteiger partial charge is 0.481 e.